The molecule has 2 aromatic rings. The van der Waals surface area contributed by atoms with E-state index < -0.39 is 22.0 Å². The molecule has 0 bridgehead atoms. The summed E-state index contributed by atoms with van der Waals surface area (Å²) < 4.78 is 26.2. The van der Waals surface area contributed by atoms with Crippen LogP contribution in [0, 0.1) is 0 Å². The van der Waals surface area contributed by atoms with E-state index in [-0.39, 0.29) is 23.2 Å². The van der Waals surface area contributed by atoms with Crippen molar-refractivity contribution >= 4 is 44.8 Å². The van der Waals surface area contributed by atoms with Crippen molar-refractivity contribution in [3.63, 3.8) is 0 Å². The number of rotatable bonds is 8. The first-order valence-electron chi connectivity index (χ1n) is 9.42. The number of benzene rings is 2. The van der Waals surface area contributed by atoms with Gasteiger partial charge in [-0.1, -0.05) is 61.3 Å². The van der Waals surface area contributed by atoms with E-state index >= 15 is 0 Å². The molecule has 0 radical (unpaired) electrons. The Kier molecular flexibility index (Phi) is 7.97. The van der Waals surface area contributed by atoms with Gasteiger partial charge in [-0.05, 0) is 49.1 Å². The summed E-state index contributed by atoms with van der Waals surface area (Å²) in [6.07, 6.45) is 2.25. The molecule has 0 aliphatic rings. The summed E-state index contributed by atoms with van der Waals surface area (Å²) in [5.74, 6) is -0.402. The highest BCUT2D eigenvalue weighted by atomic mass is 35.5. The highest BCUT2D eigenvalue weighted by molar-refractivity contribution is 7.92. The molecule has 0 saturated heterocycles. The van der Waals surface area contributed by atoms with Crippen LogP contribution in [-0.4, -0.2) is 26.6 Å². The first-order valence-corrected chi connectivity index (χ1v) is 12.0. The fourth-order valence-electron chi connectivity index (χ4n) is 3.13. The SMILES string of the molecule is CCc1ccc([C@@H](C)NC(=O)[C@@H](CC)N(c2cc(Cl)ccc2Cl)S(C)(=O)=O)cc1. The smallest absolute Gasteiger partial charge is 0.244 e. The van der Waals surface area contributed by atoms with Crippen molar-refractivity contribution in [3.05, 3.63) is 63.6 Å². The number of nitrogens with one attached hydrogen (secondary N) is 1. The van der Waals surface area contributed by atoms with Crippen LogP contribution >= 0.6 is 23.2 Å². The Morgan fingerprint density at radius 1 is 1.10 bits per heavy atom. The van der Waals surface area contributed by atoms with Gasteiger partial charge in [-0.2, -0.15) is 0 Å². The van der Waals surface area contributed by atoms with Crippen LogP contribution in [0.1, 0.15) is 44.4 Å². The number of carbonyl (C=O) groups excluding carboxylic acids is 1. The van der Waals surface area contributed by atoms with Gasteiger partial charge in [0.05, 0.1) is 23.0 Å². The highest BCUT2D eigenvalue weighted by Crippen LogP contribution is 2.33. The summed E-state index contributed by atoms with van der Waals surface area (Å²) in [4.78, 5) is 13.0. The molecule has 8 heteroatoms. The Bertz CT molecular complexity index is 962. The van der Waals surface area contributed by atoms with Gasteiger partial charge in [0.25, 0.3) is 0 Å². The van der Waals surface area contributed by atoms with Crippen molar-refractivity contribution in [2.45, 2.75) is 45.7 Å². The maximum absolute atomic E-state index is 13.0. The monoisotopic (exact) mass is 456 g/mol. The molecule has 2 atom stereocenters. The maximum Gasteiger partial charge on any atom is 0.244 e. The zero-order chi connectivity index (χ0) is 21.8. The first kappa shape index (κ1) is 23.5. The van der Waals surface area contributed by atoms with Crippen molar-refractivity contribution in [2.75, 3.05) is 10.6 Å². The Morgan fingerprint density at radius 3 is 2.24 bits per heavy atom. The topological polar surface area (TPSA) is 66.5 Å². The third kappa shape index (κ3) is 5.87. The molecule has 29 heavy (non-hydrogen) atoms. The van der Waals surface area contributed by atoms with E-state index in [2.05, 4.69) is 12.2 Å². The van der Waals surface area contributed by atoms with Crippen LogP contribution in [0.5, 0.6) is 0 Å². The fourth-order valence-corrected chi connectivity index (χ4v) is 4.77. The number of carbonyl (C=O) groups is 1. The molecule has 2 rings (SSSR count). The van der Waals surface area contributed by atoms with Gasteiger partial charge in [0.15, 0.2) is 0 Å². The minimum Gasteiger partial charge on any atom is -0.348 e. The van der Waals surface area contributed by atoms with Gasteiger partial charge in [0, 0.05) is 5.02 Å². The van der Waals surface area contributed by atoms with E-state index in [1.54, 1.807) is 13.0 Å². The Labute approximate surface area is 183 Å². The molecule has 0 fully saturated rings. The van der Waals surface area contributed by atoms with E-state index in [9.17, 15) is 13.2 Å². The third-order valence-corrected chi connectivity index (χ3v) is 6.44. The molecular weight excluding hydrogens is 431 g/mol. The lowest BCUT2D eigenvalue weighted by Gasteiger charge is -2.31. The summed E-state index contributed by atoms with van der Waals surface area (Å²) in [6, 6.07) is 11.3. The number of hydrogen-bond donors (Lipinski definition) is 1. The van der Waals surface area contributed by atoms with Crippen molar-refractivity contribution in [1.82, 2.24) is 5.32 Å². The molecule has 2 aromatic carbocycles. The van der Waals surface area contributed by atoms with Crippen molar-refractivity contribution in [1.29, 1.82) is 0 Å². The van der Waals surface area contributed by atoms with E-state index in [1.807, 2.05) is 31.2 Å². The standard InChI is InChI=1S/C21H26Cl2N2O3S/c1-5-15-7-9-16(10-8-15)14(3)24-21(26)19(6-2)25(29(4,27)28)20-13-17(22)11-12-18(20)23/h7-14,19H,5-6H2,1-4H3,(H,24,26)/t14-,19-/m1/s1. The number of halogens is 2. The molecule has 1 amide bonds. The van der Waals surface area contributed by atoms with Gasteiger partial charge in [0.1, 0.15) is 6.04 Å². The molecule has 158 valence electrons. The normalized spacial score (nSPS) is 13.6. The Morgan fingerprint density at radius 2 is 1.72 bits per heavy atom. The van der Waals surface area contributed by atoms with E-state index in [0.29, 0.717) is 5.02 Å². The van der Waals surface area contributed by atoms with Crippen molar-refractivity contribution < 1.29 is 13.2 Å². The van der Waals surface area contributed by atoms with Crippen LogP contribution in [0.25, 0.3) is 0 Å². The van der Waals surface area contributed by atoms with Crippen LogP contribution in [0.3, 0.4) is 0 Å². The number of nitrogens with zero attached hydrogens (tertiary/aromatic N) is 1. The predicted molar refractivity (Wildman–Crippen MR) is 120 cm³/mol. The van der Waals surface area contributed by atoms with Crippen LogP contribution in [-0.2, 0) is 21.2 Å². The van der Waals surface area contributed by atoms with E-state index in [1.165, 1.54) is 17.7 Å². The molecular formula is C21H26Cl2N2O3S. The summed E-state index contributed by atoms with van der Waals surface area (Å²) >= 11 is 12.3. The summed E-state index contributed by atoms with van der Waals surface area (Å²) in [5, 5.41) is 3.45. The summed E-state index contributed by atoms with van der Waals surface area (Å²) in [6.45, 7) is 5.69. The number of amides is 1. The lowest BCUT2D eigenvalue weighted by molar-refractivity contribution is -0.122. The molecule has 0 aromatic heterocycles. The number of hydrogen-bond acceptors (Lipinski definition) is 3. The average molecular weight is 457 g/mol. The predicted octanol–water partition coefficient (Wildman–Crippen LogP) is 4.98. The zero-order valence-electron chi connectivity index (χ0n) is 16.9. The largest absolute Gasteiger partial charge is 0.348 e. The lowest BCUT2D eigenvalue weighted by Crippen LogP contribution is -2.49. The minimum atomic E-state index is -3.79. The molecule has 0 aliphatic heterocycles. The number of aryl methyl sites for hydroxylation is 1. The van der Waals surface area contributed by atoms with Gasteiger partial charge in [-0.3, -0.25) is 9.10 Å². The second-order valence-corrected chi connectivity index (χ2v) is 9.61. The number of anilines is 1. The summed E-state index contributed by atoms with van der Waals surface area (Å²) in [7, 11) is -3.79. The van der Waals surface area contributed by atoms with Crippen LogP contribution in [0.4, 0.5) is 5.69 Å². The highest BCUT2D eigenvalue weighted by Gasteiger charge is 2.33. The lowest BCUT2D eigenvalue weighted by atomic mass is 10.0. The van der Waals surface area contributed by atoms with Crippen LogP contribution in [0.15, 0.2) is 42.5 Å². The maximum atomic E-state index is 13.0. The fraction of sp³-hybridized carbons (Fsp3) is 0.381. The minimum absolute atomic E-state index is 0.184. The molecule has 0 aliphatic carbocycles. The molecule has 5 nitrogen and oxygen atoms in total. The molecule has 1 N–H and O–H groups in total. The first-order chi connectivity index (χ1) is 13.6. The van der Waals surface area contributed by atoms with Gasteiger partial charge < -0.3 is 5.32 Å². The van der Waals surface area contributed by atoms with E-state index in [0.717, 1.165) is 22.5 Å². The van der Waals surface area contributed by atoms with Gasteiger partial charge in [0.2, 0.25) is 15.9 Å². The van der Waals surface area contributed by atoms with Crippen LogP contribution in [0.2, 0.25) is 10.0 Å². The summed E-state index contributed by atoms with van der Waals surface area (Å²) in [5.41, 5.74) is 2.33. The van der Waals surface area contributed by atoms with Gasteiger partial charge in [-0.25, -0.2) is 8.42 Å². The second kappa shape index (κ2) is 9.83. The Balaban J connectivity index is 2.34. The average Bonchev–Trinajstić information content (AvgIpc) is 2.67. The Hall–Kier alpha value is -1.76. The molecule has 0 heterocycles. The number of sulfonamides is 1. The van der Waals surface area contributed by atoms with Crippen molar-refractivity contribution in [2.24, 2.45) is 0 Å². The van der Waals surface area contributed by atoms with Crippen LogP contribution < -0.4 is 9.62 Å². The second-order valence-electron chi connectivity index (χ2n) is 6.90. The van der Waals surface area contributed by atoms with Gasteiger partial charge in [-0.15, -0.1) is 0 Å². The van der Waals surface area contributed by atoms with Gasteiger partial charge >= 0.3 is 0 Å². The zero-order valence-corrected chi connectivity index (χ0v) is 19.3. The third-order valence-electron chi connectivity index (χ3n) is 4.72. The molecule has 0 unspecified atom stereocenters. The molecule has 0 saturated carbocycles. The van der Waals surface area contributed by atoms with Crippen molar-refractivity contribution in [3.8, 4) is 0 Å². The quantitative estimate of drug-likeness (QED) is 0.608. The van der Waals surface area contributed by atoms with E-state index in [4.69, 9.17) is 23.2 Å². The molecule has 0 spiro atoms.